The highest BCUT2D eigenvalue weighted by Crippen LogP contribution is 2.57. The summed E-state index contributed by atoms with van der Waals surface area (Å²) in [6.45, 7) is 0. The maximum Gasteiger partial charge on any atom is 0.573 e. The van der Waals surface area contributed by atoms with Crippen molar-refractivity contribution in [3.63, 3.8) is 0 Å². The number of hydrogen-bond acceptors (Lipinski definition) is 12. The Hall–Kier alpha value is -6.26. The number of ether oxygens (including phenoxy) is 2. The molecule has 2 aliphatic rings. The average Bonchev–Trinajstić information content (AvgIpc) is 3.48. The molecule has 0 bridgehead atoms. The van der Waals surface area contributed by atoms with Crippen molar-refractivity contribution < 1.29 is 107 Å². The first-order valence-corrected chi connectivity index (χ1v) is 18.5. The Kier molecular flexibility index (Phi) is 10.5. The van der Waals surface area contributed by atoms with E-state index >= 15 is 26.3 Å². The zero-order chi connectivity index (χ0) is 45.5. The molecule has 28 heteroatoms. The minimum Gasteiger partial charge on any atom is -0.406 e. The van der Waals surface area contributed by atoms with Gasteiger partial charge in [-0.3, -0.25) is 19.2 Å². The molecule has 4 amide bonds. The molecule has 0 fully saturated rings. The van der Waals surface area contributed by atoms with Gasteiger partial charge in [-0.2, -0.15) is 43.2 Å². The van der Waals surface area contributed by atoms with E-state index in [-0.39, 0.29) is 36.4 Å². The van der Waals surface area contributed by atoms with Crippen molar-refractivity contribution in [1.82, 2.24) is 10.1 Å². The van der Waals surface area contributed by atoms with Crippen LogP contribution >= 0.6 is 0 Å². The standard InChI is InChI=1S/C33H14F12N2O12S2/c34-30(35,36)29(31(37,38)39,15-1-11-21-23(13-15)27(50)46(25(21)48)58-60(52,53)19-7-3-17(4-8-19)56-32(40,41)42)16-2-12-22-24(14-16)28(51)47(26(22)49)59-61(54,55)20-9-5-18(6-10-20)57-33(43,44)45/h1-14H. The van der Waals surface area contributed by atoms with Crippen LogP contribution in [0.15, 0.2) is 94.7 Å². The van der Waals surface area contributed by atoms with E-state index in [2.05, 4.69) is 18.0 Å². The fraction of sp³-hybridized carbons (Fsp3) is 0.152. The molecule has 0 aliphatic carbocycles. The van der Waals surface area contributed by atoms with Gasteiger partial charge in [0.15, 0.2) is 0 Å². The maximum absolute atomic E-state index is 15.1. The van der Waals surface area contributed by atoms with Crippen molar-refractivity contribution in [2.75, 3.05) is 0 Å². The molecule has 4 aromatic carbocycles. The van der Waals surface area contributed by atoms with Crippen molar-refractivity contribution in [2.24, 2.45) is 0 Å². The van der Waals surface area contributed by atoms with Crippen LogP contribution in [0.1, 0.15) is 52.6 Å². The lowest BCUT2D eigenvalue weighted by Crippen LogP contribution is -2.55. The minimum absolute atomic E-state index is 0.0651. The Bertz CT molecular complexity index is 2530. The molecule has 0 aromatic heterocycles. The Morgan fingerprint density at radius 2 is 0.705 bits per heavy atom. The highest BCUT2D eigenvalue weighted by molar-refractivity contribution is 7.87. The molecule has 14 nitrogen and oxygen atoms in total. The van der Waals surface area contributed by atoms with Crippen LogP contribution in [-0.4, -0.2) is 75.7 Å². The number of carbonyl (C=O) groups excluding carboxylic acids is 4. The molecule has 0 N–H and O–H groups in total. The van der Waals surface area contributed by atoms with Crippen molar-refractivity contribution in [3.8, 4) is 11.5 Å². The molecule has 4 aromatic rings. The Morgan fingerprint density at radius 1 is 0.410 bits per heavy atom. The summed E-state index contributed by atoms with van der Waals surface area (Å²) in [7, 11) is -10.7. The van der Waals surface area contributed by atoms with Gasteiger partial charge in [0, 0.05) is 0 Å². The van der Waals surface area contributed by atoms with E-state index < -0.39 is 139 Å². The van der Waals surface area contributed by atoms with Crippen molar-refractivity contribution in [2.45, 2.75) is 40.3 Å². The smallest absolute Gasteiger partial charge is 0.406 e. The predicted molar refractivity (Wildman–Crippen MR) is 170 cm³/mol. The van der Waals surface area contributed by atoms with E-state index in [0.29, 0.717) is 48.5 Å². The first kappa shape index (κ1) is 44.3. The van der Waals surface area contributed by atoms with E-state index in [1.165, 1.54) is 0 Å². The lowest BCUT2D eigenvalue weighted by atomic mass is 9.71. The largest absolute Gasteiger partial charge is 0.573 e. The molecule has 0 saturated carbocycles. The van der Waals surface area contributed by atoms with Crippen LogP contribution in [0.4, 0.5) is 52.7 Å². The molecule has 0 radical (unpaired) electrons. The second kappa shape index (κ2) is 14.4. The number of rotatable bonds is 10. The van der Waals surface area contributed by atoms with E-state index in [1.807, 2.05) is 0 Å². The number of amides is 4. The lowest BCUT2D eigenvalue weighted by molar-refractivity contribution is -0.288. The zero-order valence-corrected chi connectivity index (χ0v) is 30.4. The van der Waals surface area contributed by atoms with Crippen LogP contribution in [0.3, 0.4) is 0 Å². The first-order valence-electron chi connectivity index (χ1n) is 15.7. The molecular weight excluding hydrogens is 908 g/mol. The summed E-state index contributed by atoms with van der Waals surface area (Å²) >= 11 is 0. The summed E-state index contributed by atoms with van der Waals surface area (Å²) in [6.07, 6.45) is -23.4. The van der Waals surface area contributed by atoms with Crippen molar-refractivity contribution >= 4 is 43.9 Å². The SMILES string of the molecule is O=C1c2ccc(C(c3ccc4c(c3)C(=O)N(OS(=O)(=O)c3ccc(OC(F)(F)F)cc3)C4=O)(C(F)(F)F)C(F)(F)F)cc2C(=O)N1OS(=O)(=O)c1ccc(OC(F)(F)F)cc1. The van der Waals surface area contributed by atoms with Gasteiger partial charge in [0.05, 0.1) is 32.0 Å². The van der Waals surface area contributed by atoms with Crippen LogP contribution in [0.25, 0.3) is 0 Å². The maximum atomic E-state index is 15.1. The van der Waals surface area contributed by atoms with Gasteiger partial charge in [0.2, 0.25) is 5.41 Å². The summed E-state index contributed by atoms with van der Waals surface area (Å²) in [5, 5.41) is -1.14. The van der Waals surface area contributed by atoms with Gasteiger partial charge in [-0.25, -0.2) is 0 Å². The van der Waals surface area contributed by atoms with E-state index in [9.17, 15) is 62.4 Å². The van der Waals surface area contributed by atoms with Crippen LogP contribution in [0.2, 0.25) is 0 Å². The van der Waals surface area contributed by atoms with E-state index in [1.54, 1.807) is 0 Å². The second-order valence-electron chi connectivity index (χ2n) is 12.2. The number of fused-ring (bicyclic) bond motifs is 2. The predicted octanol–water partition coefficient (Wildman–Crippen LogP) is 6.73. The number of carbonyl (C=O) groups is 4. The molecule has 6 rings (SSSR count). The van der Waals surface area contributed by atoms with Gasteiger partial charge in [-0.1, -0.05) is 12.1 Å². The molecule has 0 spiro atoms. The van der Waals surface area contributed by atoms with Crippen LogP contribution in [0, 0.1) is 0 Å². The van der Waals surface area contributed by atoms with Gasteiger partial charge in [0.1, 0.15) is 11.5 Å². The van der Waals surface area contributed by atoms with Crippen molar-refractivity contribution in [1.29, 1.82) is 0 Å². The number of imide groups is 2. The molecule has 61 heavy (non-hydrogen) atoms. The molecule has 324 valence electrons. The number of halogens is 12. The summed E-state index contributed by atoms with van der Waals surface area (Å²) in [6, 6.07) is 4.23. The fourth-order valence-corrected chi connectivity index (χ4v) is 7.69. The van der Waals surface area contributed by atoms with Crippen LogP contribution in [0.5, 0.6) is 11.5 Å². The van der Waals surface area contributed by atoms with Gasteiger partial charge in [0.25, 0.3) is 23.6 Å². The number of hydroxylamine groups is 4. The Balaban J connectivity index is 1.34. The molecule has 0 atom stereocenters. The summed E-state index contributed by atoms with van der Waals surface area (Å²) in [5.74, 6) is -9.21. The third kappa shape index (κ3) is 8.04. The minimum atomic E-state index is -6.49. The zero-order valence-electron chi connectivity index (χ0n) is 28.7. The Labute approximate surface area is 330 Å². The van der Waals surface area contributed by atoms with Crippen LogP contribution in [-0.2, 0) is 34.2 Å². The van der Waals surface area contributed by atoms with Crippen molar-refractivity contribution in [3.05, 3.63) is 118 Å². The average molecular weight is 923 g/mol. The first-order chi connectivity index (χ1) is 27.9. The fourth-order valence-electron chi connectivity index (χ4n) is 5.92. The molecule has 0 saturated heterocycles. The molecular formula is C33H14F12N2O12S2. The number of benzene rings is 4. The molecule has 2 aliphatic heterocycles. The normalized spacial score (nSPS) is 15.3. The number of alkyl halides is 12. The van der Waals surface area contributed by atoms with E-state index in [0.717, 1.165) is 0 Å². The number of hydrogen-bond donors (Lipinski definition) is 0. The summed E-state index contributed by atoms with van der Waals surface area (Å²) in [5.41, 5.74) is -13.6. The monoisotopic (exact) mass is 922 g/mol. The van der Waals surface area contributed by atoms with Gasteiger partial charge in [-0.05, 0) is 83.9 Å². The van der Waals surface area contributed by atoms with Gasteiger partial charge in [-0.15, -0.1) is 45.0 Å². The summed E-state index contributed by atoms with van der Waals surface area (Å²) in [4.78, 5) is 50.4. The second-order valence-corrected chi connectivity index (χ2v) is 15.2. The molecule has 2 heterocycles. The van der Waals surface area contributed by atoms with E-state index in [4.69, 9.17) is 0 Å². The third-order valence-electron chi connectivity index (χ3n) is 8.45. The quantitative estimate of drug-likeness (QED) is 0.121. The molecule has 0 unspecified atom stereocenters. The Morgan fingerprint density at radius 3 is 0.984 bits per heavy atom. The lowest BCUT2D eigenvalue weighted by Gasteiger charge is -2.38. The highest BCUT2D eigenvalue weighted by atomic mass is 32.2. The van der Waals surface area contributed by atoms with Gasteiger partial charge >= 0.3 is 45.3 Å². The topological polar surface area (TPSA) is 180 Å². The number of nitrogens with zero attached hydrogens (tertiary/aromatic N) is 2. The van der Waals surface area contributed by atoms with Crippen LogP contribution < -0.4 is 9.47 Å². The summed E-state index contributed by atoms with van der Waals surface area (Å²) < 4.78 is 233. The third-order valence-corrected chi connectivity index (χ3v) is 10.8. The highest BCUT2D eigenvalue weighted by Gasteiger charge is 2.73. The van der Waals surface area contributed by atoms with Gasteiger partial charge < -0.3 is 9.47 Å².